The summed E-state index contributed by atoms with van der Waals surface area (Å²) in [6, 6.07) is 15.6. The first-order valence-corrected chi connectivity index (χ1v) is 11.9. The molecule has 0 aliphatic heterocycles. The van der Waals surface area contributed by atoms with Crippen molar-refractivity contribution in [2.45, 2.75) is 39.7 Å². The maximum absolute atomic E-state index is 12.9. The van der Waals surface area contributed by atoms with Gasteiger partial charge in [-0.05, 0) is 49.2 Å². The summed E-state index contributed by atoms with van der Waals surface area (Å²) in [6.45, 7) is 6.86. The largest absolute Gasteiger partial charge is 0.494 e. The molecule has 1 amide bonds. The molecule has 2 heterocycles. The van der Waals surface area contributed by atoms with Gasteiger partial charge in [0.2, 0.25) is 5.91 Å². The Balaban J connectivity index is 1.45. The highest BCUT2D eigenvalue weighted by Crippen LogP contribution is 2.27. The van der Waals surface area contributed by atoms with E-state index in [0.717, 1.165) is 45.3 Å². The first-order chi connectivity index (χ1) is 15.6. The molecule has 6 nitrogen and oxygen atoms in total. The molecule has 2 N–H and O–H groups in total. The summed E-state index contributed by atoms with van der Waals surface area (Å²) in [7, 11) is 0. The van der Waals surface area contributed by atoms with Gasteiger partial charge < -0.3 is 15.0 Å². The van der Waals surface area contributed by atoms with E-state index < -0.39 is 0 Å². The van der Waals surface area contributed by atoms with Crippen molar-refractivity contribution in [1.82, 2.24) is 20.3 Å². The van der Waals surface area contributed by atoms with E-state index in [-0.39, 0.29) is 24.3 Å². The average Bonchev–Trinajstić information content (AvgIpc) is 3.44. The van der Waals surface area contributed by atoms with Crippen LogP contribution in [0.4, 0.5) is 0 Å². The van der Waals surface area contributed by atoms with Crippen LogP contribution in [0.5, 0.6) is 5.75 Å². The predicted molar refractivity (Wildman–Crippen MR) is 129 cm³/mol. The first kappa shape index (κ1) is 22.0. The van der Waals surface area contributed by atoms with Crippen molar-refractivity contribution in [3.63, 3.8) is 0 Å². The molecule has 2 aromatic heterocycles. The van der Waals surface area contributed by atoms with Gasteiger partial charge in [0.15, 0.2) is 0 Å². The van der Waals surface area contributed by atoms with E-state index in [1.807, 2.05) is 60.8 Å². The lowest BCUT2D eigenvalue weighted by Gasteiger charge is -2.22. The third-order valence-corrected chi connectivity index (χ3v) is 6.48. The quantitative estimate of drug-likeness (QED) is 0.353. The zero-order valence-corrected chi connectivity index (χ0v) is 19.4. The number of H-pyrrole nitrogens is 1. The number of carbonyl (C=O) groups excluding carboxylic acids is 1. The summed E-state index contributed by atoms with van der Waals surface area (Å²) >= 11 is 1.54. The zero-order chi connectivity index (χ0) is 22.5. The van der Waals surface area contributed by atoms with Crippen LogP contribution >= 0.6 is 11.3 Å². The third kappa shape index (κ3) is 4.99. The summed E-state index contributed by atoms with van der Waals surface area (Å²) in [5, 5.41) is 6.02. The van der Waals surface area contributed by atoms with E-state index in [0.29, 0.717) is 6.61 Å². The number of nitrogens with one attached hydrogen (secondary N) is 2. The smallest absolute Gasteiger partial charge is 0.226 e. The molecule has 0 fully saturated rings. The summed E-state index contributed by atoms with van der Waals surface area (Å²) in [6.07, 6.45) is 1.17. The Morgan fingerprint density at radius 3 is 2.62 bits per heavy atom. The summed E-state index contributed by atoms with van der Waals surface area (Å²) in [5.41, 5.74) is 3.67. The van der Waals surface area contributed by atoms with Crippen molar-refractivity contribution in [2.24, 2.45) is 5.92 Å². The Morgan fingerprint density at radius 1 is 1.12 bits per heavy atom. The van der Waals surface area contributed by atoms with E-state index in [2.05, 4.69) is 29.1 Å². The SMILES string of the molecule is CCOc1ccc(-c2nc(CC(=O)NC(c3nc4ccccc4[nH]3)C(C)CC)cs2)cc1. The topological polar surface area (TPSA) is 79.9 Å². The van der Waals surface area contributed by atoms with Gasteiger partial charge in [-0.25, -0.2) is 9.97 Å². The lowest BCUT2D eigenvalue weighted by molar-refractivity contribution is -0.121. The van der Waals surface area contributed by atoms with Gasteiger partial charge in [-0.1, -0.05) is 32.4 Å². The van der Waals surface area contributed by atoms with Crippen molar-refractivity contribution in [1.29, 1.82) is 0 Å². The van der Waals surface area contributed by atoms with Gasteiger partial charge in [0.25, 0.3) is 0 Å². The molecule has 0 spiro atoms. The van der Waals surface area contributed by atoms with Crippen LogP contribution in [0.1, 0.15) is 44.8 Å². The lowest BCUT2D eigenvalue weighted by atomic mass is 9.98. The molecule has 4 aromatic rings. The number of hydrogen-bond donors (Lipinski definition) is 2. The van der Waals surface area contributed by atoms with Crippen LogP contribution in [0.3, 0.4) is 0 Å². The molecule has 7 heteroatoms. The molecule has 2 atom stereocenters. The number of amides is 1. The maximum atomic E-state index is 12.9. The van der Waals surface area contributed by atoms with Crippen LogP contribution in [0.25, 0.3) is 21.6 Å². The number of nitrogens with zero attached hydrogens (tertiary/aromatic N) is 2. The van der Waals surface area contributed by atoms with Gasteiger partial charge >= 0.3 is 0 Å². The molecule has 0 saturated heterocycles. The Morgan fingerprint density at radius 2 is 1.91 bits per heavy atom. The maximum Gasteiger partial charge on any atom is 0.226 e. The number of ether oxygens (including phenoxy) is 1. The van der Waals surface area contributed by atoms with E-state index in [4.69, 9.17) is 9.72 Å². The lowest BCUT2D eigenvalue weighted by Crippen LogP contribution is -2.34. The Hall–Kier alpha value is -3.19. The van der Waals surface area contributed by atoms with Crippen LogP contribution in [0.2, 0.25) is 0 Å². The minimum Gasteiger partial charge on any atom is -0.494 e. The number of hydrogen-bond acceptors (Lipinski definition) is 5. The molecule has 0 bridgehead atoms. The first-order valence-electron chi connectivity index (χ1n) is 11.0. The van der Waals surface area contributed by atoms with Gasteiger partial charge in [-0.3, -0.25) is 4.79 Å². The molecule has 0 radical (unpaired) electrons. The number of aromatic nitrogens is 3. The second kappa shape index (κ2) is 9.96. The molecular weight excluding hydrogens is 420 g/mol. The number of aromatic amines is 1. The number of fused-ring (bicyclic) bond motifs is 1. The average molecular weight is 449 g/mol. The van der Waals surface area contributed by atoms with Crippen LogP contribution in [-0.2, 0) is 11.2 Å². The molecule has 2 aromatic carbocycles. The van der Waals surface area contributed by atoms with E-state index in [9.17, 15) is 4.79 Å². The van der Waals surface area contributed by atoms with Crippen molar-refractivity contribution in [3.05, 3.63) is 65.4 Å². The molecular formula is C25H28N4O2S. The normalized spacial score (nSPS) is 13.1. The predicted octanol–water partition coefficient (Wildman–Crippen LogP) is 5.53. The third-order valence-electron chi connectivity index (χ3n) is 5.54. The number of thiazole rings is 1. The van der Waals surface area contributed by atoms with E-state index >= 15 is 0 Å². The molecule has 4 rings (SSSR count). The number of rotatable bonds is 9. The van der Waals surface area contributed by atoms with Crippen LogP contribution in [-0.4, -0.2) is 27.5 Å². The van der Waals surface area contributed by atoms with Crippen molar-refractivity contribution in [2.75, 3.05) is 6.61 Å². The highest BCUT2D eigenvalue weighted by atomic mass is 32.1. The number of para-hydroxylation sites is 2. The molecule has 32 heavy (non-hydrogen) atoms. The standard InChI is InChI=1S/C25H28N4O2S/c1-4-16(3)23(24-27-20-8-6-7-9-21(20)28-24)29-22(30)14-18-15-32-25(26-18)17-10-12-19(13-11-17)31-5-2/h6-13,15-16,23H,4-5,14H2,1-3H3,(H,27,28)(H,29,30). The van der Waals surface area contributed by atoms with Crippen LogP contribution in [0.15, 0.2) is 53.9 Å². The minimum absolute atomic E-state index is 0.0562. The number of imidazole rings is 1. The summed E-state index contributed by atoms with van der Waals surface area (Å²) in [4.78, 5) is 25.6. The van der Waals surface area contributed by atoms with Gasteiger partial charge in [0.05, 0.1) is 35.8 Å². The fourth-order valence-electron chi connectivity index (χ4n) is 3.61. The molecule has 0 saturated carbocycles. The summed E-state index contributed by atoms with van der Waals surface area (Å²) in [5.74, 6) is 1.82. The molecule has 0 aliphatic rings. The van der Waals surface area contributed by atoms with Crippen LogP contribution < -0.4 is 10.1 Å². The van der Waals surface area contributed by atoms with Crippen molar-refractivity contribution in [3.8, 4) is 16.3 Å². The van der Waals surface area contributed by atoms with Gasteiger partial charge in [-0.15, -0.1) is 11.3 Å². The van der Waals surface area contributed by atoms with Gasteiger partial charge in [0, 0.05) is 10.9 Å². The zero-order valence-electron chi connectivity index (χ0n) is 18.6. The second-order valence-corrected chi connectivity index (χ2v) is 8.71. The van der Waals surface area contributed by atoms with Crippen molar-refractivity contribution >= 4 is 28.3 Å². The minimum atomic E-state index is -0.177. The van der Waals surface area contributed by atoms with Crippen LogP contribution in [0, 0.1) is 5.92 Å². The van der Waals surface area contributed by atoms with E-state index in [1.165, 1.54) is 0 Å². The van der Waals surface area contributed by atoms with Gasteiger partial charge in [0.1, 0.15) is 16.6 Å². The second-order valence-electron chi connectivity index (χ2n) is 7.85. The highest BCUT2D eigenvalue weighted by Gasteiger charge is 2.24. The van der Waals surface area contributed by atoms with Gasteiger partial charge in [-0.2, -0.15) is 0 Å². The molecule has 0 aliphatic carbocycles. The van der Waals surface area contributed by atoms with E-state index in [1.54, 1.807) is 11.3 Å². The highest BCUT2D eigenvalue weighted by molar-refractivity contribution is 7.13. The monoisotopic (exact) mass is 448 g/mol. The summed E-state index contributed by atoms with van der Waals surface area (Å²) < 4.78 is 5.50. The number of benzene rings is 2. The number of carbonyl (C=O) groups is 1. The Kier molecular flexibility index (Phi) is 6.85. The fraction of sp³-hybridized carbons (Fsp3) is 0.320. The fourth-order valence-corrected chi connectivity index (χ4v) is 4.43. The molecule has 166 valence electrons. The molecule has 2 unspecified atom stereocenters. The Bertz CT molecular complexity index is 1150. The van der Waals surface area contributed by atoms with Crippen molar-refractivity contribution < 1.29 is 9.53 Å². The Labute approximate surface area is 192 Å².